The second-order valence-corrected chi connectivity index (χ2v) is 9.42. The fraction of sp³-hybridized carbons (Fsp3) is 0.208. The van der Waals surface area contributed by atoms with Gasteiger partial charge in [0, 0.05) is 0 Å². The van der Waals surface area contributed by atoms with E-state index in [2.05, 4.69) is 0 Å². The van der Waals surface area contributed by atoms with Crippen molar-refractivity contribution < 1.29 is 28.2 Å². The van der Waals surface area contributed by atoms with Crippen LogP contribution in [-0.2, 0) is 16.3 Å². The molecule has 31 heavy (non-hydrogen) atoms. The summed E-state index contributed by atoms with van der Waals surface area (Å²) in [5.41, 5.74) is 2.50. The average molecular weight is 441 g/mol. The Morgan fingerprint density at radius 2 is 1.68 bits per heavy atom. The summed E-state index contributed by atoms with van der Waals surface area (Å²) in [7, 11) is -3.33. The van der Waals surface area contributed by atoms with Crippen LogP contribution in [-0.4, -0.2) is 37.0 Å². The number of hydrogen-bond acceptors (Lipinski definition) is 5. The fourth-order valence-electron chi connectivity index (χ4n) is 3.17. The van der Waals surface area contributed by atoms with E-state index in [4.69, 9.17) is 9.84 Å². The van der Waals surface area contributed by atoms with Crippen LogP contribution in [0.15, 0.2) is 71.6 Å². The predicted molar refractivity (Wildman–Crippen MR) is 118 cm³/mol. The lowest BCUT2D eigenvalue weighted by molar-refractivity contribution is 0.0693. The van der Waals surface area contributed by atoms with Gasteiger partial charge in [-0.25, -0.2) is 13.2 Å². The molecule has 6 nitrogen and oxygen atoms in total. The number of carboxylic acids is 1. The highest BCUT2D eigenvalue weighted by Gasteiger charge is 2.14. The molecule has 162 valence electrons. The summed E-state index contributed by atoms with van der Waals surface area (Å²) < 4.78 is 30.4. The summed E-state index contributed by atoms with van der Waals surface area (Å²) in [5.74, 6) is -0.785. The zero-order valence-corrected chi connectivity index (χ0v) is 17.9. The molecular weight excluding hydrogens is 416 g/mol. The topological polar surface area (TPSA) is 101 Å². The van der Waals surface area contributed by atoms with Gasteiger partial charge < -0.3 is 14.9 Å². The maximum atomic E-state index is 12.4. The number of aryl methyl sites for hydroxylation is 1. The Morgan fingerprint density at radius 3 is 2.35 bits per heavy atom. The molecule has 0 spiro atoms. The Morgan fingerprint density at radius 1 is 0.968 bits per heavy atom. The van der Waals surface area contributed by atoms with Crippen LogP contribution in [0.5, 0.6) is 11.5 Å². The largest absolute Gasteiger partial charge is 0.507 e. The monoisotopic (exact) mass is 440 g/mol. The van der Waals surface area contributed by atoms with Gasteiger partial charge in [-0.1, -0.05) is 30.3 Å². The van der Waals surface area contributed by atoms with Crippen LogP contribution in [0.25, 0.3) is 0 Å². The SMILES string of the molecule is Cc1cccc(S(=O)(=O)CCCOc2ccc(Cc3ccc(O)c(C(=O)O)c3)cc2)c1. The highest BCUT2D eigenvalue weighted by Crippen LogP contribution is 2.22. The molecule has 7 heteroatoms. The summed E-state index contributed by atoms with van der Waals surface area (Å²) >= 11 is 0. The smallest absolute Gasteiger partial charge is 0.339 e. The van der Waals surface area contributed by atoms with Crippen LogP contribution in [0, 0.1) is 6.92 Å². The van der Waals surface area contributed by atoms with Crippen molar-refractivity contribution in [2.24, 2.45) is 0 Å². The number of sulfone groups is 1. The number of carbonyl (C=O) groups is 1. The van der Waals surface area contributed by atoms with Crippen molar-refractivity contribution in [3.63, 3.8) is 0 Å². The molecule has 0 heterocycles. The van der Waals surface area contributed by atoms with E-state index in [1.165, 1.54) is 12.1 Å². The first-order chi connectivity index (χ1) is 14.7. The number of phenols is 1. The first-order valence-corrected chi connectivity index (χ1v) is 11.5. The van der Waals surface area contributed by atoms with Gasteiger partial charge in [0.1, 0.15) is 17.1 Å². The second kappa shape index (κ2) is 9.66. The highest BCUT2D eigenvalue weighted by atomic mass is 32.2. The molecule has 0 fully saturated rings. The highest BCUT2D eigenvalue weighted by molar-refractivity contribution is 7.91. The van der Waals surface area contributed by atoms with Crippen LogP contribution in [0.4, 0.5) is 0 Å². The number of aromatic carboxylic acids is 1. The number of carboxylic acid groups (broad SMARTS) is 1. The zero-order valence-electron chi connectivity index (χ0n) is 17.1. The predicted octanol–water partition coefficient (Wildman–Crippen LogP) is 4.23. The molecule has 0 unspecified atom stereocenters. The van der Waals surface area contributed by atoms with Crippen molar-refractivity contribution in [2.75, 3.05) is 12.4 Å². The fourth-order valence-corrected chi connectivity index (χ4v) is 4.55. The van der Waals surface area contributed by atoms with E-state index in [1.807, 2.05) is 25.1 Å². The van der Waals surface area contributed by atoms with Crippen molar-refractivity contribution in [3.8, 4) is 11.5 Å². The third kappa shape index (κ3) is 6.08. The van der Waals surface area contributed by atoms with Crippen molar-refractivity contribution in [1.82, 2.24) is 0 Å². The van der Waals surface area contributed by atoms with Gasteiger partial charge >= 0.3 is 5.97 Å². The van der Waals surface area contributed by atoms with E-state index < -0.39 is 15.8 Å². The van der Waals surface area contributed by atoms with E-state index in [9.17, 15) is 18.3 Å². The summed E-state index contributed by atoms with van der Waals surface area (Å²) in [5, 5.41) is 18.7. The maximum Gasteiger partial charge on any atom is 0.339 e. The van der Waals surface area contributed by atoms with E-state index >= 15 is 0 Å². The molecule has 2 N–H and O–H groups in total. The molecule has 3 rings (SSSR count). The molecular formula is C24H24O6S. The van der Waals surface area contributed by atoms with Crippen LogP contribution in [0.3, 0.4) is 0 Å². The molecule has 0 saturated heterocycles. The van der Waals surface area contributed by atoms with E-state index in [0.717, 1.165) is 16.7 Å². The lowest BCUT2D eigenvalue weighted by Gasteiger charge is -2.09. The second-order valence-electron chi connectivity index (χ2n) is 7.31. The van der Waals surface area contributed by atoms with Crippen molar-refractivity contribution >= 4 is 15.8 Å². The zero-order chi connectivity index (χ0) is 22.4. The molecule has 0 saturated carbocycles. The average Bonchev–Trinajstić information content (AvgIpc) is 2.73. The summed E-state index contributed by atoms with van der Waals surface area (Å²) in [6.45, 7) is 2.14. The first kappa shape index (κ1) is 22.4. The van der Waals surface area contributed by atoms with E-state index in [-0.39, 0.29) is 23.7 Å². The standard InChI is InChI=1S/C24H24O6S/c1-17-4-2-5-21(14-17)31(28,29)13-3-12-30-20-9-6-18(7-10-20)15-19-8-11-23(25)22(16-19)24(26)27/h2,4-11,14,16,25H,3,12-13,15H2,1H3,(H,26,27). The van der Waals surface area contributed by atoms with Crippen molar-refractivity contribution in [1.29, 1.82) is 0 Å². The number of hydrogen-bond donors (Lipinski definition) is 2. The van der Waals surface area contributed by atoms with Gasteiger partial charge in [0.15, 0.2) is 9.84 Å². The van der Waals surface area contributed by atoms with Gasteiger partial charge in [-0.05, 0) is 72.9 Å². The van der Waals surface area contributed by atoms with E-state index in [1.54, 1.807) is 36.4 Å². The van der Waals surface area contributed by atoms with Crippen molar-refractivity contribution in [2.45, 2.75) is 24.7 Å². The molecule has 0 aliphatic rings. The number of rotatable bonds is 9. The van der Waals surface area contributed by atoms with Gasteiger partial charge in [0.25, 0.3) is 0 Å². The minimum Gasteiger partial charge on any atom is -0.507 e. The number of aromatic hydroxyl groups is 1. The first-order valence-electron chi connectivity index (χ1n) is 9.81. The molecule has 0 amide bonds. The Hall–Kier alpha value is -3.32. The van der Waals surface area contributed by atoms with Gasteiger partial charge in [0.05, 0.1) is 17.3 Å². The number of ether oxygens (including phenoxy) is 1. The van der Waals surface area contributed by atoms with Crippen molar-refractivity contribution in [3.05, 3.63) is 89.0 Å². The van der Waals surface area contributed by atoms with Gasteiger partial charge in [-0.3, -0.25) is 0 Å². The molecule has 0 atom stereocenters. The quantitative estimate of drug-likeness (QED) is 0.483. The van der Waals surface area contributed by atoms with Gasteiger partial charge in [0.2, 0.25) is 0 Å². The molecule has 0 aliphatic heterocycles. The van der Waals surface area contributed by atoms with Crippen LogP contribution < -0.4 is 4.74 Å². The van der Waals surface area contributed by atoms with Gasteiger partial charge in [-0.2, -0.15) is 0 Å². The summed E-state index contributed by atoms with van der Waals surface area (Å²) in [6, 6.07) is 18.7. The molecule has 3 aromatic rings. The lowest BCUT2D eigenvalue weighted by atomic mass is 10.0. The van der Waals surface area contributed by atoms with Crippen LogP contribution in [0.1, 0.15) is 33.5 Å². The maximum absolute atomic E-state index is 12.4. The van der Waals surface area contributed by atoms with Crippen LogP contribution in [0.2, 0.25) is 0 Å². The third-order valence-electron chi connectivity index (χ3n) is 4.80. The normalized spacial score (nSPS) is 11.3. The Labute approximate surface area is 181 Å². The summed E-state index contributed by atoms with van der Waals surface area (Å²) in [4.78, 5) is 11.5. The Kier molecular flexibility index (Phi) is 6.97. The Balaban J connectivity index is 1.52. The minimum absolute atomic E-state index is 0.0152. The van der Waals surface area contributed by atoms with E-state index in [0.29, 0.717) is 23.5 Å². The summed E-state index contributed by atoms with van der Waals surface area (Å²) in [6.07, 6.45) is 0.888. The minimum atomic E-state index is -3.33. The molecule has 0 radical (unpaired) electrons. The molecule has 0 aliphatic carbocycles. The lowest BCUT2D eigenvalue weighted by Crippen LogP contribution is -2.10. The third-order valence-corrected chi connectivity index (χ3v) is 6.60. The molecule has 0 aromatic heterocycles. The molecule has 0 bridgehead atoms. The van der Waals surface area contributed by atoms with Gasteiger partial charge in [-0.15, -0.1) is 0 Å². The van der Waals surface area contributed by atoms with Crippen LogP contribution >= 0.6 is 0 Å². The number of benzene rings is 3. The molecule has 3 aromatic carbocycles. The Bertz CT molecular complexity index is 1170.